The number of halogens is 4. The standard InChI is InChI=1S/C12H17ClF3N3O/c1-7(2)6-17-9(20)4-5-19-8(3)10(13)11(18-19)12(14,15)16/h7H,4-6H2,1-3H3,(H,17,20). The van der Waals surface area contributed by atoms with E-state index >= 15 is 0 Å². The summed E-state index contributed by atoms with van der Waals surface area (Å²) in [6.45, 7) is 5.94. The third-order valence-corrected chi connectivity index (χ3v) is 3.11. The Morgan fingerprint density at radius 2 is 2.05 bits per heavy atom. The van der Waals surface area contributed by atoms with Crippen LogP contribution in [0.15, 0.2) is 0 Å². The second-order valence-corrected chi connectivity index (χ2v) is 5.29. The number of carbonyl (C=O) groups is 1. The number of aromatic nitrogens is 2. The minimum atomic E-state index is -4.59. The zero-order valence-corrected chi connectivity index (χ0v) is 12.3. The lowest BCUT2D eigenvalue weighted by atomic mass is 10.2. The number of rotatable bonds is 5. The first kappa shape index (κ1) is 16.8. The first-order valence-electron chi connectivity index (χ1n) is 6.19. The maximum absolute atomic E-state index is 12.6. The third kappa shape index (κ3) is 4.40. The molecule has 0 spiro atoms. The molecule has 0 saturated heterocycles. The van der Waals surface area contributed by atoms with Crippen LogP contribution >= 0.6 is 11.6 Å². The number of carbonyl (C=O) groups excluding carboxylic acids is 1. The highest BCUT2D eigenvalue weighted by molar-refractivity contribution is 6.31. The van der Waals surface area contributed by atoms with Gasteiger partial charge in [0.2, 0.25) is 5.91 Å². The molecular weight excluding hydrogens is 295 g/mol. The Bertz CT molecular complexity index is 483. The van der Waals surface area contributed by atoms with Gasteiger partial charge in [-0.1, -0.05) is 25.4 Å². The summed E-state index contributed by atoms with van der Waals surface area (Å²) in [7, 11) is 0. The van der Waals surface area contributed by atoms with Crippen LogP contribution in [-0.2, 0) is 17.5 Å². The summed E-state index contributed by atoms with van der Waals surface area (Å²) in [6, 6.07) is 0. The maximum Gasteiger partial charge on any atom is 0.436 e. The first-order valence-corrected chi connectivity index (χ1v) is 6.57. The van der Waals surface area contributed by atoms with Crippen LogP contribution in [0.5, 0.6) is 0 Å². The van der Waals surface area contributed by atoms with Gasteiger partial charge in [0, 0.05) is 13.0 Å². The number of hydrogen-bond acceptors (Lipinski definition) is 2. The van der Waals surface area contributed by atoms with E-state index in [9.17, 15) is 18.0 Å². The number of alkyl halides is 3. The molecule has 0 aliphatic rings. The van der Waals surface area contributed by atoms with Gasteiger partial charge in [-0.3, -0.25) is 9.48 Å². The van der Waals surface area contributed by atoms with Gasteiger partial charge < -0.3 is 5.32 Å². The Labute approximate surface area is 120 Å². The molecule has 4 nitrogen and oxygen atoms in total. The van der Waals surface area contributed by atoms with Gasteiger partial charge in [0.05, 0.1) is 17.3 Å². The average molecular weight is 312 g/mol. The largest absolute Gasteiger partial charge is 0.436 e. The van der Waals surface area contributed by atoms with Crippen LogP contribution in [0.2, 0.25) is 5.02 Å². The van der Waals surface area contributed by atoms with Gasteiger partial charge >= 0.3 is 6.18 Å². The van der Waals surface area contributed by atoms with E-state index < -0.39 is 16.9 Å². The van der Waals surface area contributed by atoms with E-state index in [-0.39, 0.29) is 24.6 Å². The molecule has 0 atom stereocenters. The zero-order valence-electron chi connectivity index (χ0n) is 11.5. The van der Waals surface area contributed by atoms with Crippen molar-refractivity contribution in [3.8, 4) is 0 Å². The van der Waals surface area contributed by atoms with Crippen LogP contribution in [0, 0.1) is 12.8 Å². The molecule has 1 rings (SSSR count). The molecule has 0 bridgehead atoms. The average Bonchev–Trinajstić information content (AvgIpc) is 2.61. The summed E-state index contributed by atoms with van der Waals surface area (Å²) in [5.41, 5.74) is -0.907. The third-order valence-electron chi connectivity index (χ3n) is 2.66. The normalized spacial score (nSPS) is 12.0. The predicted octanol–water partition coefficient (Wildman–Crippen LogP) is 3.03. The summed E-state index contributed by atoms with van der Waals surface area (Å²) in [5.74, 6) is 0.0925. The van der Waals surface area contributed by atoms with Crippen LogP contribution in [0.25, 0.3) is 0 Å². The molecule has 1 N–H and O–H groups in total. The first-order chi connectivity index (χ1) is 9.12. The van der Waals surface area contributed by atoms with Crippen molar-refractivity contribution >= 4 is 17.5 Å². The highest BCUT2D eigenvalue weighted by Crippen LogP contribution is 2.35. The van der Waals surface area contributed by atoms with E-state index in [1.165, 1.54) is 6.92 Å². The molecule has 0 aliphatic heterocycles. The Morgan fingerprint density at radius 1 is 1.45 bits per heavy atom. The number of hydrogen-bond donors (Lipinski definition) is 1. The molecule has 0 fully saturated rings. The molecule has 20 heavy (non-hydrogen) atoms. The minimum absolute atomic E-state index is 0.0584. The number of nitrogens with zero attached hydrogens (tertiary/aromatic N) is 2. The zero-order chi connectivity index (χ0) is 15.5. The van der Waals surface area contributed by atoms with Gasteiger partial charge in [0.25, 0.3) is 0 Å². The molecule has 1 aromatic rings. The van der Waals surface area contributed by atoms with Gasteiger partial charge in [-0.15, -0.1) is 0 Å². The summed E-state index contributed by atoms with van der Waals surface area (Å²) in [4.78, 5) is 11.5. The Hall–Kier alpha value is -1.24. The van der Waals surface area contributed by atoms with Crippen molar-refractivity contribution in [2.45, 2.75) is 39.9 Å². The summed E-state index contributed by atoms with van der Waals surface area (Å²) in [6.07, 6.45) is -4.53. The van der Waals surface area contributed by atoms with Crippen molar-refractivity contribution in [3.05, 3.63) is 16.4 Å². The number of nitrogens with one attached hydrogen (secondary N) is 1. The van der Waals surface area contributed by atoms with Gasteiger partial charge in [-0.05, 0) is 12.8 Å². The van der Waals surface area contributed by atoms with Crippen LogP contribution in [0.4, 0.5) is 13.2 Å². The SMILES string of the molecule is Cc1c(Cl)c(C(F)(F)F)nn1CCC(=O)NCC(C)C. The monoisotopic (exact) mass is 311 g/mol. The molecule has 0 aromatic carbocycles. The van der Waals surface area contributed by atoms with Crippen LogP contribution in [0.1, 0.15) is 31.7 Å². The molecular formula is C12H17ClF3N3O. The summed E-state index contributed by atoms with van der Waals surface area (Å²) >= 11 is 5.61. The fourth-order valence-corrected chi connectivity index (χ4v) is 1.78. The van der Waals surface area contributed by atoms with E-state index in [0.717, 1.165) is 4.68 Å². The van der Waals surface area contributed by atoms with E-state index in [0.29, 0.717) is 12.5 Å². The molecule has 1 amide bonds. The van der Waals surface area contributed by atoms with Crippen LogP contribution in [-0.4, -0.2) is 22.2 Å². The number of amides is 1. The van der Waals surface area contributed by atoms with Crippen molar-refractivity contribution in [3.63, 3.8) is 0 Å². The lowest BCUT2D eigenvalue weighted by Crippen LogP contribution is -2.28. The maximum atomic E-state index is 12.6. The highest BCUT2D eigenvalue weighted by atomic mass is 35.5. The van der Waals surface area contributed by atoms with Crippen LogP contribution < -0.4 is 5.32 Å². The van der Waals surface area contributed by atoms with Crippen molar-refractivity contribution in [1.82, 2.24) is 15.1 Å². The van der Waals surface area contributed by atoms with Crippen molar-refractivity contribution in [2.75, 3.05) is 6.54 Å². The van der Waals surface area contributed by atoms with Crippen molar-refractivity contribution in [2.24, 2.45) is 5.92 Å². The Morgan fingerprint density at radius 3 is 2.50 bits per heavy atom. The molecule has 114 valence electrons. The van der Waals surface area contributed by atoms with Gasteiger partial charge in [-0.2, -0.15) is 18.3 Å². The molecule has 1 aromatic heterocycles. The number of aryl methyl sites for hydroxylation is 1. The minimum Gasteiger partial charge on any atom is -0.356 e. The Balaban J connectivity index is 2.68. The van der Waals surface area contributed by atoms with E-state index in [4.69, 9.17) is 11.6 Å². The Kier molecular flexibility index (Phi) is 5.44. The summed E-state index contributed by atoms with van der Waals surface area (Å²) < 4.78 is 38.9. The smallest absolute Gasteiger partial charge is 0.356 e. The van der Waals surface area contributed by atoms with E-state index in [1.54, 1.807) is 0 Å². The predicted molar refractivity (Wildman–Crippen MR) is 69.4 cm³/mol. The summed E-state index contributed by atoms with van der Waals surface area (Å²) in [5, 5.41) is 5.70. The van der Waals surface area contributed by atoms with Crippen LogP contribution in [0.3, 0.4) is 0 Å². The quantitative estimate of drug-likeness (QED) is 0.908. The lowest BCUT2D eigenvalue weighted by Gasteiger charge is -2.08. The molecule has 0 radical (unpaired) electrons. The molecule has 1 heterocycles. The van der Waals surface area contributed by atoms with Gasteiger partial charge in [0.15, 0.2) is 5.69 Å². The topological polar surface area (TPSA) is 46.9 Å². The fraction of sp³-hybridized carbons (Fsp3) is 0.667. The second-order valence-electron chi connectivity index (χ2n) is 4.92. The fourth-order valence-electron chi connectivity index (χ4n) is 1.54. The second kappa shape index (κ2) is 6.47. The van der Waals surface area contributed by atoms with E-state index in [1.807, 2.05) is 13.8 Å². The van der Waals surface area contributed by atoms with Crippen molar-refractivity contribution in [1.29, 1.82) is 0 Å². The van der Waals surface area contributed by atoms with Gasteiger partial charge in [0.1, 0.15) is 0 Å². The molecule has 0 saturated carbocycles. The van der Waals surface area contributed by atoms with Gasteiger partial charge in [-0.25, -0.2) is 0 Å². The lowest BCUT2D eigenvalue weighted by molar-refractivity contribution is -0.141. The molecule has 8 heteroatoms. The van der Waals surface area contributed by atoms with E-state index in [2.05, 4.69) is 10.4 Å². The molecule has 0 unspecified atom stereocenters. The highest BCUT2D eigenvalue weighted by Gasteiger charge is 2.38. The van der Waals surface area contributed by atoms with Crippen molar-refractivity contribution < 1.29 is 18.0 Å². The molecule has 0 aliphatic carbocycles.